The highest BCUT2D eigenvalue weighted by atomic mass is 31.2. The van der Waals surface area contributed by atoms with Crippen LogP contribution >= 0.6 is 7.82 Å². The minimum atomic E-state index is -4.76. The number of allylic oxidation sites excluding steroid dienone is 14. The maximum absolute atomic E-state index is 12.9. The normalized spacial score (nSPS) is 14.1. The lowest BCUT2D eigenvalue weighted by atomic mass is 10.1. The summed E-state index contributed by atoms with van der Waals surface area (Å²) >= 11 is 0. The van der Waals surface area contributed by atoms with E-state index in [1.807, 2.05) is 0 Å². The predicted octanol–water partition coefficient (Wildman–Crippen LogP) is 15.9. The van der Waals surface area contributed by atoms with Crippen molar-refractivity contribution in [3.05, 3.63) is 85.1 Å². The number of ether oxygens (including phenoxy) is 3. The molecule has 0 saturated heterocycles. The Bertz CT molecular complexity index is 1500. The van der Waals surface area contributed by atoms with Crippen LogP contribution in [0.25, 0.3) is 0 Å². The Kier molecular flexibility index (Phi) is 49.5. The zero-order valence-corrected chi connectivity index (χ0v) is 45.1. The zero-order chi connectivity index (χ0) is 51.3. The Morgan fingerprint density at radius 1 is 0.414 bits per heavy atom. The summed E-state index contributed by atoms with van der Waals surface area (Å²) in [5, 5.41) is 9.79. The van der Waals surface area contributed by atoms with Crippen molar-refractivity contribution in [3.63, 3.8) is 0 Å². The van der Waals surface area contributed by atoms with Crippen LogP contribution in [0.2, 0.25) is 0 Å². The topological polar surface area (TPSA) is 155 Å². The maximum atomic E-state index is 12.9. The molecule has 3 unspecified atom stereocenters. The second-order valence-corrected chi connectivity index (χ2v) is 19.5. The molecule has 0 fully saturated rings. The lowest BCUT2D eigenvalue weighted by molar-refractivity contribution is -0.161. The Hall–Kier alpha value is -3.34. The first-order valence-corrected chi connectivity index (χ1v) is 29.0. The van der Waals surface area contributed by atoms with Gasteiger partial charge in [-0.3, -0.25) is 23.4 Å². The molecule has 2 N–H and O–H groups in total. The number of aliphatic hydroxyl groups is 1. The smallest absolute Gasteiger partial charge is 0.462 e. The molecule has 0 spiro atoms. The fourth-order valence-electron chi connectivity index (χ4n) is 7.08. The third kappa shape index (κ3) is 49.6. The number of phosphoric acid groups is 1. The van der Waals surface area contributed by atoms with Crippen molar-refractivity contribution < 1.29 is 52.2 Å². The van der Waals surface area contributed by atoms with Crippen molar-refractivity contribution in [3.8, 4) is 0 Å². The van der Waals surface area contributed by atoms with Crippen molar-refractivity contribution in [2.75, 3.05) is 26.4 Å². The lowest BCUT2D eigenvalue weighted by Gasteiger charge is -2.21. The predicted molar refractivity (Wildman–Crippen MR) is 288 cm³/mol. The summed E-state index contributed by atoms with van der Waals surface area (Å²) in [6.07, 6.45) is 58.3. The van der Waals surface area contributed by atoms with Crippen LogP contribution in [0.5, 0.6) is 0 Å². The monoisotopic (exact) mass is 1000 g/mol. The minimum absolute atomic E-state index is 0.110. The highest BCUT2D eigenvalue weighted by molar-refractivity contribution is 7.47. The molecule has 0 radical (unpaired) electrons. The summed E-state index contributed by atoms with van der Waals surface area (Å²) in [7, 11) is -4.76. The molecule has 0 aliphatic carbocycles. The molecular weight excluding hydrogens is 904 g/mol. The third-order valence-electron chi connectivity index (χ3n) is 11.3. The van der Waals surface area contributed by atoms with Crippen molar-refractivity contribution in [1.82, 2.24) is 0 Å². The van der Waals surface area contributed by atoms with Gasteiger partial charge in [-0.25, -0.2) is 4.57 Å². The van der Waals surface area contributed by atoms with Gasteiger partial charge in [-0.2, -0.15) is 0 Å². The molecule has 11 nitrogen and oxygen atoms in total. The van der Waals surface area contributed by atoms with Gasteiger partial charge in [-0.05, 0) is 109 Å². The third-order valence-corrected chi connectivity index (χ3v) is 12.2. The van der Waals surface area contributed by atoms with Gasteiger partial charge in [0.25, 0.3) is 0 Å². The summed E-state index contributed by atoms with van der Waals surface area (Å²) in [6, 6.07) is 0. The van der Waals surface area contributed by atoms with E-state index in [0.29, 0.717) is 19.3 Å². The quantitative estimate of drug-likeness (QED) is 0.0197. The van der Waals surface area contributed by atoms with E-state index in [1.165, 1.54) is 38.5 Å². The molecule has 0 aromatic heterocycles. The van der Waals surface area contributed by atoms with Crippen molar-refractivity contribution >= 4 is 25.7 Å². The highest BCUT2D eigenvalue weighted by Crippen LogP contribution is 2.43. The Balaban J connectivity index is 4.82. The standard InChI is InChI=1S/C58H99O11P/c1-4-7-10-13-16-19-22-25-27-30-32-35-38-41-44-47-56(60)65-51-55(69-58(62)49-46-43-40-37-34-31-28-26-23-20-17-14-11-8-5-2)53-67-70(63,64)66-52-54(50-59)68-57(61)48-45-42-39-36-33-29-24-21-18-15-12-9-6-3/h8,11-12,15,17,20-21,24-28,34,37,54-55,59H,4-7,9-10,13-14,16,18-19,22-23,29-33,35-36,38-53H2,1-3H3,(H,63,64)/b11-8-,15-12-,20-17-,24-21-,27-25-,28-26-,37-34-. The van der Waals surface area contributed by atoms with Gasteiger partial charge in [0.2, 0.25) is 0 Å². The van der Waals surface area contributed by atoms with Crippen LogP contribution in [0.1, 0.15) is 226 Å². The molecule has 70 heavy (non-hydrogen) atoms. The first-order valence-electron chi connectivity index (χ1n) is 27.5. The number of carbonyl (C=O) groups excluding carboxylic acids is 3. The number of hydrogen-bond acceptors (Lipinski definition) is 10. The molecule has 0 aliphatic rings. The number of aliphatic hydroxyl groups excluding tert-OH is 1. The van der Waals surface area contributed by atoms with Gasteiger partial charge in [0.1, 0.15) is 12.7 Å². The first kappa shape index (κ1) is 66.7. The molecule has 402 valence electrons. The van der Waals surface area contributed by atoms with Crippen molar-refractivity contribution in [2.45, 2.75) is 238 Å². The number of hydrogen-bond donors (Lipinski definition) is 2. The van der Waals surface area contributed by atoms with E-state index in [0.717, 1.165) is 128 Å². The van der Waals surface area contributed by atoms with Crippen molar-refractivity contribution in [1.29, 1.82) is 0 Å². The molecule has 3 atom stereocenters. The van der Waals surface area contributed by atoms with Crippen LogP contribution in [0, 0.1) is 0 Å². The summed E-state index contributed by atoms with van der Waals surface area (Å²) in [4.78, 5) is 48.4. The SMILES string of the molecule is CC/C=C\C/C=C\C/C=C\C/C=C\CCCCC(=O)OC(COC(=O)CCCCCCC/C=C\CCCCCCCC)COP(=O)(O)OCC(CO)OC(=O)CCCCCCC/C=C\C/C=C\CCC. The minimum Gasteiger partial charge on any atom is -0.462 e. The van der Waals surface area contributed by atoms with E-state index >= 15 is 0 Å². The van der Waals surface area contributed by atoms with Gasteiger partial charge in [-0.15, -0.1) is 0 Å². The van der Waals surface area contributed by atoms with Gasteiger partial charge in [0.05, 0.1) is 19.8 Å². The molecule has 0 rings (SSSR count). The Labute approximate surface area is 426 Å². The average Bonchev–Trinajstić information content (AvgIpc) is 3.35. The molecule has 0 amide bonds. The number of rotatable bonds is 50. The second-order valence-electron chi connectivity index (χ2n) is 18.0. The van der Waals surface area contributed by atoms with Gasteiger partial charge in [0.15, 0.2) is 6.10 Å². The van der Waals surface area contributed by atoms with E-state index < -0.39 is 57.8 Å². The molecule has 12 heteroatoms. The maximum Gasteiger partial charge on any atom is 0.472 e. The average molecular weight is 1000 g/mol. The van der Waals surface area contributed by atoms with Crippen LogP contribution < -0.4 is 0 Å². The number of carbonyl (C=O) groups is 3. The number of phosphoric ester groups is 1. The number of esters is 3. The fraction of sp³-hybridized carbons (Fsp3) is 0.707. The largest absolute Gasteiger partial charge is 0.472 e. The van der Waals surface area contributed by atoms with Gasteiger partial charge in [-0.1, -0.05) is 183 Å². The van der Waals surface area contributed by atoms with Gasteiger partial charge >= 0.3 is 25.7 Å². The van der Waals surface area contributed by atoms with E-state index in [2.05, 4.69) is 106 Å². The lowest BCUT2D eigenvalue weighted by Crippen LogP contribution is -2.30. The van der Waals surface area contributed by atoms with Gasteiger partial charge in [0, 0.05) is 19.3 Å². The van der Waals surface area contributed by atoms with Crippen molar-refractivity contribution in [2.24, 2.45) is 0 Å². The molecule has 0 bridgehead atoms. The molecule has 0 aromatic rings. The Morgan fingerprint density at radius 2 is 0.771 bits per heavy atom. The van der Waals surface area contributed by atoms with Crippen LogP contribution in [0.4, 0.5) is 0 Å². The van der Waals surface area contributed by atoms with Crippen LogP contribution in [0.3, 0.4) is 0 Å². The summed E-state index contributed by atoms with van der Waals surface area (Å²) in [6.45, 7) is 4.38. The Morgan fingerprint density at radius 3 is 1.24 bits per heavy atom. The van der Waals surface area contributed by atoms with Crippen LogP contribution in [-0.4, -0.2) is 66.5 Å². The van der Waals surface area contributed by atoms with Crippen LogP contribution in [0.15, 0.2) is 85.1 Å². The summed E-state index contributed by atoms with van der Waals surface area (Å²) < 4.78 is 39.4. The molecule has 0 aromatic carbocycles. The highest BCUT2D eigenvalue weighted by Gasteiger charge is 2.28. The molecular formula is C58H99O11P. The molecule has 0 saturated carbocycles. The van der Waals surface area contributed by atoms with E-state index in [9.17, 15) is 28.9 Å². The van der Waals surface area contributed by atoms with E-state index in [-0.39, 0.29) is 25.9 Å². The first-order chi connectivity index (χ1) is 34.2. The second kappa shape index (κ2) is 52.0. The zero-order valence-electron chi connectivity index (χ0n) is 44.2. The van der Waals surface area contributed by atoms with Gasteiger partial charge < -0.3 is 24.2 Å². The molecule has 0 aliphatic heterocycles. The summed E-state index contributed by atoms with van der Waals surface area (Å²) in [5.74, 6) is -1.54. The van der Waals surface area contributed by atoms with Crippen LogP contribution in [-0.2, 0) is 42.2 Å². The summed E-state index contributed by atoms with van der Waals surface area (Å²) in [5.41, 5.74) is 0. The number of unbranched alkanes of at least 4 members (excludes halogenated alkanes) is 19. The van der Waals surface area contributed by atoms with E-state index in [1.54, 1.807) is 0 Å². The molecule has 0 heterocycles. The van der Waals surface area contributed by atoms with E-state index in [4.69, 9.17) is 23.3 Å². The fourth-order valence-corrected chi connectivity index (χ4v) is 7.87.